The van der Waals surface area contributed by atoms with Crippen LogP contribution in [-0.4, -0.2) is 42.1 Å². The molecule has 0 aliphatic rings. The van der Waals surface area contributed by atoms with Gasteiger partial charge in [0.2, 0.25) is 0 Å². The number of hydrogen-bond donors (Lipinski definition) is 0. The van der Waals surface area contributed by atoms with Gasteiger partial charge in [0, 0.05) is 26.5 Å². The van der Waals surface area contributed by atoms with Crippen LogP contribution in [0.3, 0.4) is 0 Å². The minimum atomic E-state index is 0. The van der Waals surface area contributed by atoms with Crippen molar-refractivity contribution in [2.45, 2.75) is 0 Å². The van der Waals surface area contributed by atoms with Gasteiger partial charge in [-0.05, 0) is 22.0 Å². The Morgan fingerprint density at radius 1 is 1.55 bits per heavy atom. The Morgan fingerprint density at radius 2 is 2.18 bits per heavy atom. The van der Waals surface area contributed by atoms with Crippen LogP contribution in [0.5, 0.6) is 0 Å². The van der Waals surface area contributed by atoms with Gasteiger partial charge in [0.25, 0.3) is 0 Å². The van der Waals surface area contributed by atoms with Crippen LogP contribution < -0.4 is 4.90 Å². The maximum atomic E-state index is 3.95. The van der Waals surface area contributed by atoms with Crippen molar-refractivity contribution in [3.63, 3.8) is 0 Å². The third-order valence-corrected chi connectivity index (χ3v) is 1.84. The molecule has 0 bridgehead atoms. The first-order valence-electron chi connectivity index (χ1n) is 2.98. The van der Waals surface area contributed by atoms with Crippen molar-refractivity contribution in [2.24, 2.45) is 0 Å². The number of rotatable bonds is 1. The minimum absolute atomic E-state index is 0. The van der Waals surface area contributed by atoms with Crippen molar-refractivity contribution in [3.05, 3.63) is 22.9 Å². The zero-order chi connectivity index (χ0) is 7.56. The second-order valence-corrected chi connectivity index (χ2v) is 3.08. The maximum absolute atomic E-state index is 3.95. The molecule has 0 amide bonds. The molecule has 1 aromatic rings. The van der Waals surface area contributed by atoms with Gasteiger partial charge in [-0.3, -0.25) is 4.98 Å². The Balaban J connectivity index is -0.000000333. The maximum Gasteiger partial charge on any atom is 2.00 e. The van der Waals surface area contributed by atoms with Crippen LogP contribution in [0.15, 0.2) is 22.9 Å². The molecule has 0 saturated carbocycles. The average Bonchev–Trinajstić information content (AvgIpc) is 1.88. The number of aromatic nitrogens is 1. The standard InChI is InChI=1S/C7H9BrN2.Mg.2H/c1-10(2)7-3-4-9-5-6(7)8;;;/h3-5H,1-2H3;;;/q;+2;2*-1. The van der Waals surface area contributed by atoms with Gasteiger partial charge < -0.3 is 7.75 Å². The summed E-state index contributed by atoms with van der Waals surface area (Å²) in [4.78, 5) is 5.99. The molecular formula is C7H11BrMgN2. The van der Waals surface area contributed by atoms with Crippen LogP contribution in [0.1, 0.15) is 2.85 Å². The van der Waals surface area contributed by atoms with Gasteiger partial charge in [0.1, 0.15) is 0 Å². The molecule has 58 valence electrons. The number of hydrogen-bond acceptors (Lipinski definition) is 2. The molecule has 0 aromatic carbocycles. The summed E-state index contributed by atoms with van der Waals surface area (Å²) in [5, 5.41) is 0. The first kappa shape index (κ1) is 11.2. The summed E-state index contributed by atoms with van der Waals surface area (Å²) in [6.07, 6.45) is 3.56. The predicted molar refractivity (Wildman–Crippen MR) is 54.2 cm³/mol. The minimum Gasteiger partial charge on any atom is -1.00 e. The van der Waals surface area contributed by atoms with E-state index in [1.54, 1.807) is 12.4 Å². The molecular weight excluding hydrogens is 216 g/mol. The van der Waals surface area contributed by atoms with Crippen molar-refractivity contribution in [2.75, 3.05) is 19.0 Å². The van der Waals surface area contributed by atoms with E-state index in [9.17, 15) is 0 Å². The first-order chi connectivity index (χ1) is 4.72. The Bertz CT molecular complexity index is 235. The first-order valence-corrected chi connectivity index (χ1v) is 3.78. The topological polar surface area (TPSA) is 16.1 Å². The molecule has 2 nitrogen and oxygen atoms in total. The molecule has 0 fully saturated rings. The third kappa shape index (κ3) is 2.97. The van der Waals surface area contributed by atoms with E-state index in [4.69, 9.17) is 0 Å². The van der Waals surface area contributed by atoms with Crippen LogP contribution in [0.25, 0.3) is 0 Å². The number of halogens is 1. The molecule has 0 atom stereocenters. The summed E-state index contributed by atoms with van der Waals surface area (Å²) in [6, 6.07) is 1.96. The van der Waals surface area contributed by atoms with Crippen LogP contribution in [-0.2, 0) is 0 Å². The fourth-order valence-corrected chi connectivity index (χ4v) is 1.34. The fraction of sp³-hybridized carbons (Fsp3) is 0.286. The molecule has 1 heterocycles. The van der Waals surface area contributed by atoms with E-state index in [0.29, 0.717) is 0 Å². The van der Waals surface area contributed by atoms with Gasteiger partial charge in [0.05, 0.1) is 10.2 Å². The zero-order valence-corrected chi connectivity index (χ0v) is 9.71. The quantitative estimate of drug-likeness (QED) is 0.680. The Hall–Kier alpha value is 0.196. The van der Waals surface area contributed by atoms with E-state index in [1.807, 2.05) is 25.1 Å². The molecule has 0 radical (unpaired) electrons. The van der Waals surface area contributed by atoms with Crippen molar-refractivity contribution in [1.82, 2.24) is 4.98 Å². The van der Waals surface area contributed by atoms with Gasteiger partial charge in [-0.2, -0.15) is 0 Å². The molecule has 0 aliphatic heterocycles. The van der Waals surface area contributed by atoms with Gasteiger partial charge >= 0.3 is 23.1 Å². The second-order valence-electron chi connectivity index (χ2n) is 2.22. The van der Waals surface area contributed by atoms with Crippen molar-refractivity contribution < 1.29 is 2.85 Å². The van der Waals surface area contributed by atoms with E-state index in [0.717, 1.165) is 10.2 Å². The summed E-state index contributed by atoms with van der Waals surface area (Å²) >= 11 is 3.39. The Kier molecular flexibility index (Phi) is 5.04. The molecule has 0 spiro atoms. The monoisotopic (exact) mass is 226 g/mol. The van der Waals surface area contributed by atoms with Crippen molar-refractivity contribution in [1.29, 1.82) is 0 Å². The van der Waals surface area contributed by atoms with Crippen molar-refractivity contribution in [3.8, 4) is 0 Å². The second kappa shape index (κ2) is 4.95. The number of anilines is 1. The van der Waals surface area contributed by atoms with Gasteiger partial charge in [-0.25, -0.2) is 0 Å². The summed E-state index contributed by atoms with van der Waals surface area (Å²) in [5.74, 6) is 0. The van der Waals surface area contributed by atoms with Gasteiger partial charge in [-0.15, -0.1) is 0 Å². The van der Waals surface area contributed by atoms with E-state index in [2.05, 4.69) is 20.9 Å². The van der Waals surface area contributed by atoms with Crippen LogP contribution in [0, 0.1) is 0 Å². The van der Waals surface area contributed by atoms with E-state index < -0.39 is 0 Å². The zero-order valence-electron chi connectivity index (χ0n) is 8.71. The molecule has 11 heavy (non-hydrogen) atoms. The number of nitrogens with zero attached hydrogens (tertiary/aromatic N) is 2. The van der Waals surface area contributed by atoms with Crippen LogP contribution >= 0.6 is 15.9 Å². The third-order valence-electron chi connectivity index (χ3n) is 1.23. The van der Waals surface area contributed by atoms with E-state index >= 15 is 0 Å². The van der Waals surface area contributed by atoms with Gasteiger partial charge in [0.15, 0.2) is 0 Å². The molecule has 0 aliphatic carbocycles. The van der Waals surface area contributed by atoms with Crippen LogP contribution in [0.4, 0.5) is 5.69 Å². The van der Waals surface area contributed by atoms with E-state index in [1.165, 1.54) is 0 Å². The molecule has 0 N–H and O–H groups in total. The normalized spacial score (nSPS) is 8.64. The van der Waals surface area contributed by atoms with Crippen molar-refractivity contribution >= 4 is 44.7 Å². The summed E-state index contributed by atoms with van der Waals surface area (Å²) in [5.41, 5.74) is 1.15. The predicted octanol–water partition coefficient (Wildman–Crippen LogP) is 1.75. The molecule has 1 rings (SSSR count). The summed E-state index contributed by atoms with van der Waals surface area (Å²) in [6.45, 7) is 0. The van der Waals surface area contributed by atoms with E-state index in [-0.39, 0.29) is 25.9 Å². The SMILES string of the molecule is CN(C)c1ccncc1Br.[H-].[H-].[Mg+2]. The molecule has 0 unspecified atom stereocenters. The Labute approximate surface area is 94.2 Å². The summed E-state index contributed by atoms with van der Waals surface area (Å²) < 4.78 is 1.03. The molecule has 1 aromatic heterocycles. The largest absolute Gasteiger partial charge is 2.00 e. The Morgan fingerprint density at radius 3 is 2.55 bits per heavy atom. The summed E-state index contributed by atoms with van der Waals surface area (Å²) in [7, 11) is 4.00. The smallest absolute Gasteiger partial charge is 1.00 e. The molecule has 4 heteroatoms. The fourth-order valence-electron chi connectivity index (χ4n) is 0.731. The average molecular weight is 227 g/mol. The van der Waals surface area contributed by atoms with Crippen LogP contribution in [0.2, 0.25) is 0 Å². The number of pyridine rings is 1. The molecule has 0 saturated heterocycles. The van der Waals surface area contributed by atoms with Gasteiger partial charge in [-0.1, -0.05) is 0 Å².